The fourth-order valence-corrected chi connectivity index (χ4v) is 2.25. The van der Waals surface area contributed by atoms with Crippen molar-refractivity contribution < 1.29 is 5.11 Å². The van der Waals surface area contributed by atoms with E-state index in [0.29, 0.717) is 0 Å². The van der Waals surface area contributed by atoms with Crippen LogP contribution < -0.4 is 4.90 Å². The van der Waals surface area contributed by atoms with E-state index in [1.165, 1.54) is 0 Å². The average Bonchev–Trinajstić information content (AvgIpc) is 2.68. The number of hydrogen-bond acceptors (Lipinski definition) is 4. The van der Waals surface area contributed by atoms with Crippen LogP contribution in [0.15, 0.2) is 5.38 Å². The first kappa shape index (κ1) is 11.5. The number of aryl methyl sites for hydroxylation is 1. The molecule has 1 aromatic heterocycles. The van der Waals surface area contributed by atoms with Gasteiger partial charge in [-0.2, -0.15) is 0 Å². The molecule has 1 N–H and O–H groups in total. The lowest BCUT2D eigenvalue weighted by Crippen LogP contribution is -2.24. The zero-order valence-electron chi connectivity index (χ0n) is 8.86. The molecule has 1 heterocycles. The van der Waals surface area contributed by atoms with Gasteiger partial charge < -0.3 is 10.0 Å². The molecule has 0 aliphatic heterocycles. The zero-order valence-corrected chi connectivity index (χ0v) is 9.68. The molecule has 0 atom stereocenters. The van der Waals surface area contributed by atoms with E-state index in [-0.39, 0.29) is 6.61 Å². The second-order valence-electron chi connectivity index (χ2n) is 3.13. The van der Waals surface area contributed by atoms with Crippen LogP contribution in [0.2, 0.25) is 0 Å². The summed E-state index contributed by atoms with van der Waals surface area (Å²) in [6.07, 6.45) is 1.81. The predicted octanol–water partition coefficient (Wildman–Crippen LogP) is 1.91. The minimum atomic E-state index is 0.252. The van der Waals surface area contributed by atoms with E-state index < -0.39 is 0 Å². The van der Waals surface area contributed by atoms with Gasteiger partial charge in [-0.05, 0) is 19.8 Å². The van der Waals surface area contributed by atoms with E-state index in [1.807, 2.05) is 0 Å². The molecule has 14 heavy (non-hydrogen) atoms. The normalized spacial score (nSPS) is 10.5. The summed E-state index contributed by atoms with van der Waals surface area (Å²) in [5.41, 5.74) is 1.16. The fourth-order valence-electron chi connectivity index (χ4n) is 1.25. The molecule has 1 aromatic rings. The Morgan fingerprint density at radius 3 is 2.79 bits per heavy atom. The molecular weight excluding hydrogens is 196 g/mol. The molecule has 0 saturated heterocycles. The van der Waals surface area contributed by atoms with E-state index in [4.69, 9.17) is 5.11 Å². The fraction of sp³-hybridized carbons (Fsp3) is 0.700. The summed E-state index contributed by atoms with van der Waals surface area (Å²) in [7, 11) is 0. The Morgan fingerprint density at radius 2 is 2.29 bits per heavy atom. The van der Waals surface area contributed by atoms with E-state index in [2.05, 4.69) is 29.1 Å². The first-order chi connectivity index (χ1) is 6.81. The number of aromatic nitrogens is 1. The second-order valence-corrected chi connectivity index (χ2v) is 3.97. The summed E-state index contributed by atoms with van der Waals surface area (Å²) in [4.78, 5) is 6.72. The van der Waals surface area contributed by atoms with E-state index in [1.54, 1.807) is 11.3 Å². The summed E-state index contributed by atoms with van der Waals surface area (Å²) < 4.78 is 0. The van der Waals surface area contributed by atoms with Crippen molar-refractivity contribution in [3.8, 4) is 0 Å². The van der Waals surface area contributed by atoms with Crippen LogP contribution in [0.3, 0.4) is 0 Å². The number of nitrogens with zero attached hydrogens (tertiary/aromatic N) is 2. The van der Waals surface area contributed by atoms with Crippen LogP contribution in [-0.2, 0) is 6.42 Å². The number of rotatable bonds is 6. The molecule has 80 valence electrons. The van der Waals surface area contributed by atoms with Crippen molar-refractivity contribution in [1.82, 2.24) is 4.98 Å². The maximum absolute atomic E-state index is 8.77. The van der Waals surface area contributed by atoms with Gasteiger partial charge in [0, 0.05) is 25.1 Å². The monoisotopic (exact) mass is 214 g/mol. The van der Waals surface area contributed by atoms with Gasteiger partial charge >= 0.3 is 0 Å². The smallest absolute Gasteiger partial charge is 0.185 e. The molecule has 0 radical (unpaired) electrons. The van der Waals surface area contributed by atoms with Gasteiger partial charge in [-0.1, -0.05) is 6.92 Å². The summed E-state index contributed by atoms with van der Waals surface area (Å²) in [5.74, 6) is 0. The summed E-state index contributed by atoms with van der Waals surface area (Å²) in [6.45, 7) is 6.33. The molecule has 0 aliphatic carbocycles. The van der Waals surface area contributed by atoms with Crippen LogP contribution in [0.4, 0.5) is 5.13 Å². The van der Waals surface area contributed by atoms with Gasteiger partial charge in [0.1, 0.15) is 0 Å². The van der Waals surface area contributed by atoms with Crippen molar-refractivity contribution in [3.05, 3.63) is 11.1 Å². The number of thiazole rings is 1. The lowest BCUT2D eigenvalue weighted by atomic mass is 10.4. The Kier molecular flexibility index (Phi) is 4.90. The minimum absolute atomic E-state index is 0.252. The van der Waals surface area contributed by atoms with Gasteiger partial charge in [0.05, 0.1) is 5.69 Å². The van der Waals surface area contributed by atoms with Crippen molar-refractivity contribution in [2.45, 2.75) is 26.7 Å². The van der Waals surface area contributed by atoms with Gasteiger partial charge in [-0.3, -0.25) is 0 Å². The van der Waals surface area contributed by atoms with Crippen molar-refractivity contribution >= 4 is 16.5 Å². The number of aliphatic hydroxyl groups is 1. The third-order valence-corrected chi connectivity index (χ3v) is 3.09. The molecule has 1 rings (SSSR count). The molecule has 0 saturated carbocycles. The third kappa shape index (κ3) is 2.96. The minimum Gasteiger partial charge on any atom is -0.396 e. The molecule has 4 heteroatoms. The third-order valence-electron chi connectivity index (χ3n) is 2.14. The number of anilines is 1. The predicted molar refractivity (Wildman–Crippen MR) is 61.1 cm³/mol. The molecule has 0 unspecified atom stereocenters. The maximum Gasteiger partial charge on any atom is 0.185 e. The standard InChI is InChI=1S/C10H18N2OS/c1-3-9-8-14-10(11-9)12(4-2)6-5-7-13/h8,13H,3-7H2,1-2H3. The molecule has 0 fully saturated rings. The Labute approximate surface area is 89.4 Å². The first-order valence-electron chi connectivity index (χ1n) is 5.12. The van der Waals surface area contributed by atoms with Crippen LogP contribution in [0.1, 0.15) is 26.0 Å². The Hall–Kier alpha value is -0.610. The largest absolute Gasteiger partial charge is 0.396 e. The Morgan fingerprint density at radius 1 is 1.50 bits per heavy atom. The van der Waals surface area contributed by atoms with Crippen molar-refractivity contribution in [2.24, 2.45) is 0 Å². The lowest BCUT2D eigenvalue weighted by Gasteiger charge is -2.18. The molecule has 3 nitrogen and oxygen atoms in total. The van der Waals surface area contributed by atoms with Crippen LogP contribution in [0, 0.1) is 0 Å². The van der Waals surface area contributed by atoms with Crippen molar-refractivity contribution in [1.29, 1.82) is 0 Å². The molecular formula is C10H18N2OS. The van der Waals surface area contributed by atoms with Crippen molar-refractivity contribution in [3.63, 3.8) is 0 Å². The van der Waals surface area contributed by atoms with Gasteiger partial charge in [-0.15, -0.1) is 11.3 Å². The quantitative estimate of drug-likeness (QED) is 0.786. The van der Waals surface area contributed by atoms with Crippen LogP contribution in [0.25, 0.3) is 0 Å². The topological polar surface area (TPSA) is 36.4 Å². The lowest BCUT2D eigenvalue weighted by molar-refractivity contribution is 0.289. The van der Waals surface area contributed by atoms with Crippen LogP contribution >= 0.6 is 11.3 Å². The van der Waals surface area contributed by atoms with Gasteiger partial charge in [0.2, 0.25) is 0 Å². The van der Waals surface area contributed by atoms with Crippen LogP contribution in [0.5, 0.6) is 0 Å². The van der Waals surface area contributed by atoms with Gasteiger partial charge in [0.25, 0.3) is 0 Å². The maximum atomic E-state index is 8.77. The highest BCUT2D eigenvalue weighted by Gasteiger charge is 2.07. The van der Waals surface area contributed by atoms with Crippen molar-refractivity contribution in [2.75, 3.05) is 24.6 Å². The summed E-state index contributed by atoms with van der Waals surface area (Å²) in [5, 5.41) is 12.0. The highest BCUT2D eigenvalue weighted by atomic mass is 32.1. The van der Waals surface area contributed by atoms with E-state index in [9.17, 15) is 0 Å². The molecule has 0 bridgehead atoms. The first-order valence-corrected chi connectivity index (χ1v) is 6.00. The number of hydrogen-bond donors (Lipinski definition) is 1. The Balaban J connectivity index is 2.58. The average molecular weight is 214 g/mol. The summed E-state index contributed by atoms with van der Waals surface area (Å²) >= 11 is 1.69. The molecule has 0 aliphatic rings. The summed E-state index contributed by atoms with van der Waals surface area (Å²) in [6, 6.07) is 0. The van der Waals surface area contributed by atoms with Gasteiger partial charge in [0.15, 0.2) is 5.13 Å². The molecule has 0 aromatic carbocycles. The molecule has 0 spiro atoms. The zero-order chi connectivity index (χ0) is 10.4. The molecule has 0 amide bonds. The van der Waals surface area contributed by atoms with Gasteiger partial charge in [-0.25, -0.2) is 4.98 Å². The number of aliphatic hydroxyl groups excluding tert-OH is 1. The SMILES string of the molecule is CCc1csc(N(CC)CCCO)n1. The van der Waals surface area contributed by atoms with E-state index >= 15 is 0 Å². The highest BCUT2D eigenvalue weighted by Crippen LogP contribution is 2.20. The Bertz CT molecular complexity index is 262. The second kappa shape index (κ2) is 5.98. The van der Waals surface area contributed by atoms with Crippen LogP contribution in [-0.4, -0.2) is 29.8 Å². The highest BCUT2D eigenvalue weighted by molar-refractivity contribution is 7.13. The van der Waals surface area contributed by atoms with E-state index in [0.717, 1.165) is 36.8 Å².